The lowest BCUT2D eigenvalue weighted by Crippen LogP contribution is -2.25. The Morgan fingerprint density at radius 2 is 1.75 bits per heavy atom. The van der Waals surface area contributed by atoms with E-state index in [0.29, 0.717) is 22.0 Å². The molecule has 4 aromatic rings. The van der Waals surface area contributed by atoms with E-state index in [-0.39, 0.29) is 24.8 Å². The first-order valence-electron chi connectivity index (χ1n) is 8.84. The maximum absolute atomic E-state index is 14.3. The van der Waals surface area contributed by atoms with Gasteiger partial charge in [0.1, 0.15) is 11.6 Å². The number of aromatic nitrogens is 2. The first kappa shape index (κ1) is 18.2. The van der Waals surface area contributed by atoms with Crippen LogP contribution in [0.2, 0.25) is 5.02 Å². The topological polar surface area (TPSA) is 46.9 Å². The van der Waals surface area contributed by atoms with Crippen molar-refractivity contribution in [2.24, 2.45) is 0 Å². The molecule has 0 aliphatic heterocycles. The highest BCUT2D eigenvalue weighted by Gasteiger charge is 2.15. The van der Waals surface area contributed by atoms with E-state index >= 15 is 0 Å². The molecule has 0 atom stereocenters. The number of carbonyl (C=O) groups is 1. The van der Waals surface area contributed by atoms with Crippen LogP contribution < -0.4 is 5.32 Å². The van der Waals surface area contributed by atoms with Gasteiger partial charge >= 0.3 is 0 Å². The third-order valence-corrected chi connectivity index (χ3v) is 4.91. The van der Waals surface area contributed by atoms with Gasteiger partial charge in [-0.2, -0.15) is 0 Å². The van der Waals surface area contributed by atoms with E-state index in [1.165, 1.54) is 6.07 Å². The van der Waals surface area contributed by atoms with Gasteiger partial charge < -0.3 is 9.88 Å². The van der Waals surface area contributed by atoms with Crippen LogP contribution >= 0.6 is 11.6 Å². The van der Waals surface area contributed by atoms with Crippen LogP contribution in [0.1, 0.15) is 21.7 Å². The molecule has 0 saturated heterocycles. The number of benzene rings is 3. The maximum Gasteiger partial charge on any atom is 0.251 e. The highest BCUT2D eigenvalue weighted by molar-refractivity contribution is 6.31. The highest BCUT2D eigenvalue weighted by atomic mass is 35.5. The van der Waals surface area contributed by atoms with Crippen molar-refractivity contribution in [2.45, 2.75) is 13.1 Å². The van der Waals surface area contributed by atoms with E-state index in [1.807, 2.05) is 47.0 Å². The van der Waals surface area contributed by atoms with Crippen molar-refractivity contribution >= 4 is 28.5 Å². The van der Waals surface area contributed by atoms with E-state index in [1.54, 1.807) is 24.3 Å². The first-order chi connectivity index (χ1) is 13.6. The van der Waals surface area contributed by atoms with Gasteiger partial charge in [-0.3, -0.25) is 4.79 Å². The fourth-order valence-corrected chi connectivity index (χ4v) is 3.35. The number of hydrogen-bond donors (Lipinski definition) is 1. The molecule has 1 heterocycles. The van der Waals surface area contributed by atoms with Crippen molar-refractivity contribution in [2.75, 3.05) is 0 Å². The van der Waals surface area contributed by atoms with Gasteiger partial charge in [-0.05, 0) is 36.4 Å². The molecular weight excluding hydrogens is 377 g/mol. The summed E-state index contributed by atoms with van der Waals surface area (Å²) in [5.41, 5.74) is 2.59. The Morgan fingerprint density at radius 1 is 1.00 bits per heavy atom. The largest absolute Gasteiger partial charge is 0.345 e. The lowest BCUT2D eigenvalue weighted by Gasteiger charge is -2.12. The number of imidazole rings is 1. The smallest absolute Gasteiger partial charge is 0.251 e. The summed E-state index contributed by atoms with van der Waals surface area (Å²) in [6.07, 6.45) is 0. The average Bonchev–Trinajstić information content (AvgIpc) is 3.07. The van der Waals surface area contributed by atoms with Gasteiger partial charge in [-0.1, -0.05) is 48.0 Å². The molecule has 3 aromatic carbocycles. The SMILES string of the molecule is O=C(NCc1nc2ccccc2n1Cc1c(F)cccc1Cl)c1ccccc1. The number of rotatable bonds is 5. The van der Waals surface area contributed by atoms with Crippen LogP contribution in [0.15, 0.2) is 72.8 Å². The Labute approximate surface area is 166 Å². The Morgan fingerprint density at radius 3 is 2.54 bits per heavy atom. The van der Waals surface area contributed by atoms with Crippen molar-refractivity contribution in [3.63, 3.8) is 0 Å². The van der Waals surface area contributed by atoms with Gasteiger partial charge in [0.2, 0.25) is 0 Å². The summed E-state index contributed by atoms with van der Waals surface area (Å²) in [5, 5.41) is 3.24. The number of hydrogen-bond acceptors (Lipinski definition) is 2. The van der Waals surface area contributed by atoms with Gasteiger partial charge in [-0.15, -0.1) is 0 Å². The van der Waals surface area contributed by atoms with Gasteiger partial charge in [-0.25, -0.2) is 9.37 Å². The molecule has 0 radical (unpaired) electrons. The van der Waals surface area contributed by atoms with E-state index in [9.17, 15) is 9.18 Å². The quantitative estimate of drug-likeness (QED) is 0.529. The molecule has 0 spiro atoms. The van der Waals surface area contributed by atoms with Crippen LogP contribution in [0, 0.1) is 5.82 Å². The Kier molecular flexibility index (Phi) is 5.08. The number of para-hydroxylation sites is 2. The van der Waals surface area contributed by atoms with Crippen molar-refractivity contribution in [3.05, 3.63) is 101 Å². The molecule has 0 aliphatic carbocycles. The molecule has 0 aliphatic rings. The molecular formula is C22H17ClFN3O. The molecule has 4 nitrogen and oxygen atoms in total. The summed E-state index contributed by atoms with van der Waals surface area (Å²) in [7, 11) is 0. The fraction of sp³-hybridized carbons (Fsp3) is 0.0909. The van der Waals surface area contributed by atoms with Crippen molar-refractivity contribution in [1.82, 2.24) is 14.9 Å². The van der Waals surface area contributed by atoms with Crippen molar-refractivity contribution in [1.29, 1.82) is 0 Å². The maximum atomic E-state index is 14.3. The predicted octanol–water partition coefficient (Wildman–Crippen LogP) is 4.81. The second-order valence-corrected chi connectivity index (χ2v) is 6.76. The van der Waals surface area contributed by atoms with Crippen LogP contribution in [0.25, 0.3) is 11.0 Å². The van der Waals surface area contributed by atoms with Crippen LogP contribution in [0.4, 0.5) is 4.39 Å². The molecule has 0 bridgehead atoms. The number of fused-ring (bicyclic) bond motifs is 1. The second kappa shape index (κ2) is 7.82. The van der Waals surface area contributed by atoms with Crippen molar-refractivity contribution in [3.8, 4) is 0 Å². The summed E-state index contributed by atoms with van der Waals surface area (Å²) in [6.45, 7) is 0.442. The number of amides is 1. The van der Waals surface area contributed by atoms with E-state index in [4.69, 9.17) is 11.6 Å². The minimum absolute atomic E-state index is 0.192. The number of halogens is 2. The summed E-state index contributed by atoms with van der Waals surface area (Å²) < 4.78 is 16.2. The van der Waals surface area contributed by atoms with Crippen LogP contribution in [-0.2, 0) is 13.1 Å². The van der Waals surface area contributed by atoms with E-state index in [0.717, 1.165) is 11.0 Å². The molecule has 1 N–H and O–H groups in total. The Bertz CT molecular complexity index is 1120. The lowest BCUT2D eigenvalue weighted by molar-refractivity contribution is 0.0949. The predicted molar refractivity (Wildman–Crippen MR) is 108 cm³/mol. The standard InChI is InChI=1S/C22H17ClFN3O/c23-17-9-6-10-18(24)16(17)14-27-20-12-5-4-11-19(20)26-21(27)13-25-22(28)15-7-2-1-3-8-15/h1-12H,13-14H2,(H,25,28). The summed E-state index contributed by atoms with van der Waals surface area (Å²) in [5.74, 6) is 0.0671. The number of nitrogens with one attached hydrogen (secondary N) is 1. The molecule has 28 heavy (non-hydrogen) atoms. The normalized spacial score (nSPS) is 10.9. The van der Waals surface area contributed by atoms with Crippen LogP contribution in [-0.4, -0.2) is 15.5 Å². The molecule has 0 unspecified atom stereocenters. The van der Waals surface area contributed by atoms with Crippen molar-refractivity contribution < 1.29 is 9.18 Å². The van der Waals surface area contributed by atoms with Gasteiger partial charge in [0, 0.05) is 16.1 Å². The first-order valence-corrected chi connectivity index (χ1v) is 9.21. The molecule has 6 heteroatoms. The summed E-state index contributed by atoms with van der Waals surface area (Å²) in [4.78, 5) is 17.0. The third-order valence-electron chi connectivity index (χ3n) is 4.55. The molecule has 0 saturated carbocycles. The van der Waals surface area contributed by atoms with E-state index < -0.39 is 0 Å². The zero-order valence-corrected chi connectivity index (χ0v) is 15.7. The van der Waals surface area contributed by atoms with Gasteiger partial charge in [0.15, 0.2) is 0 Å². The second-order valence-electron chi connectivity index (χ2n) is 6.35. The summed E-state index contributed by atoms with van der Waals surface area (Å²) >= 11 is 6.21. The molecule has 1 amide bonds. The average molecular weight is 394 g/mol. The number of nitrogens with zero attached hydrogens (tertiary/aromatic N) is 2. The van der Waals surface area contributed by atoms with Gasteiger partial charge in [0.25, 0.3) is 5.91 Å². The minimum atomic E-state index is -0.371. The monoisotopic (exact) mass is 393 g/mol. The number of carbonyl (C=O) groups excluding carboxylic acids is 1. The van der Waals surface area contributed by atoms with Crippen LogP contribution in [0.3, 0.4) is 0 Å². The molecule has 140 valence electrons. The van der Waals surface area contributed by atoms with E-state index in [2.05, 4.69) is 10.3 Å². The molecule has 0 fully saturated rings. The third kappa shape index (κ3) is 3.62. The highest BCUT2D eigenvalue weighted by Crippen LogP contribution is 2.24. The zero-order chi connectivity index (χ0) is 19.5. The zero-order valence-electron chi connectivity index (χ0n) is 14.9. The Hall–Kier alpha value is -3.18. The Balaban J connectivity index is 1.67. The minimum Gasteiger partial charge on any atom is -0.345 e. The van der Waals surface area contributed by atoms with Crippen LogP contribution in [0.5, 0.6) is 0 Å². The molecule has 1 aromatic heterocycles. The van der Waals surface area contributed by atoms with Gasteiger partial charge in [0.05, 0.1) is 24.1 Å². The fourth-order valence-electron chi connectivity index (χ4n) is 3.13. The molecule has 4 rings (SSSR count). The lowest BCUT2D eigenvalue weighted by atomic mass is 10.2. The summed E-state index contributed by atoms with van der Waals surface area (Å²) in [6, 6.07) is 21.2.